The van der Waals surface area contributed by atoms with Gasteiger partial charge in [0.15, 0.2) is 0 Å². The van der Waals surface area contributed by atoms with Crippen molar-refractivity contribution < 1.29 is 26.3 Å². The first-order valence-corrected chi connectivity index (χ1v) is 7.05. The van der Waals surface area contributed by atoms with Crippen LogP contribution in [0.1, 0.15) is 0 Å². The Hall–Kier alpha value is -2.29. The first kappa shape index (κ1) is 15.1. The Morgan fingerprint density at radius 3 is 2.33 bits per heavy atom. The Morgan fingerprint density at radius 1 is 1.05 bits per heavy atom. The number of sulfonamides is 1. The summed E-state index contributed by atoms with van der Waals surface area (Å²) in [7, 11) is -5.54. The van der Waals surface area contributed by atoms with Gasteiger partial charge in [-0.1, -0.05) is 18.2 Å². The number of para-hydroxylation sites is 1. The summed E-state index contributed by atoms with van der Waals surface area (Å²) >= 11 is 0. The van der Waals surface area contributed by atoms with Gasteiger partial charge in [0.2, 0.25) is 5.88 Å². The van der Waals surface area contributed by atoms with Crippen LogP contribution in [0.2, 0.25) is 0 Å². The maximum atomic E-state index is 12.4. The summed E-state index contributed by atoms with van der Waals surface area (Å²) in [6.45, 7) is 0. The van der Waals surface area contributed by atoms with Gasteiger partial charge >= 0.3 is 15.5 Å². The summed E-state index contributed by atoms with van der Waals surface area (Å²) in [5.41, 5.74) is -5.83. The second kappa shape index (κ2) is 5.60. The van der Waals surface area contributed by atoms with E-state index in [2.05, 4.69) is 4.98 Å². The van der Waals surface area contributed by atoms with Crippen molar-refractivity contribution in [1.29, 1.82) is 0 Å². The summed E-state index contributed by atoms with van der Waals surface area (Å²) < 4.78 is 66.0. The zero-order valence-electron chi connectivity index (χ0n) is 10.3. The highest BCUT2D eigenvalue weighted by Gasteiger charge is 2.46. The third kappa shape index (κ3) is 3.63. The molecule has 0 aliphatic carbocycles. The molecule has 5 nitrogen and oxygen atoms in total. The molecule has 1 N–H and O–H groups in total. The van der Waals surface area contributed by atoms with Crippen molar-refractivity contribution in [2.75, 3.05) is 4.72 Å². The molecular formula is C12H9F3N2O3S. The van der Waals surface area contributed by atoms with Crippen molar-refractivity contribution in [3.05, 3.63) is 48.7 Å². The molecule has 21 heavy (non-hydrogen) atoms. The largest absolute Gasteiger partial charge is 0.516 e. The van der Waals surface area contributed by atoms with Crippen LogP contribution in [0, 0.1) is 0 Å². The fourth-order valence-electron chi connectivity index (χ4n) is 1.35. The molecule has 112 valence electrons. The molecule has 0 saturated carbocycles. The Bertz CT molecular complexity index is 718. The first-order valence-electron chi connectivity index (χ1n) is 5.56. The van der Waals surface area contributed by atoms with Crippen molar-refractivity contribution in [1.82, 2.24) is 4.98 Å². The van der Waals surface area contributed by atoms with Crippen molar-refractivity contribution in [3.8, 4) is 11.6 Å². The average Bonchev–Trinajstić information content (AvgIpc) is 2.40. The number of halogens is 3. The molecule has 0 aliphatic heterocycles. The molecule has 0 aliphatic rings. The maximum Gasteiger partial charge on any atom is 0.516 e. The van der Waals surface area contributed by atoms with Crippen LogP contribution >= 0.6 is 0 Å². The SMILES string of the molecule is O=S(=O)(Nc1cccnc1Oc1ccccc1)C(F)(F)F. The predicted octanol–water partition coefficient (Wildman–Crippen LogP) is 3.14. The second-order valence-electron chi connectivity index (χ2n) is 3.82. The third-order valence-electron chi connectivity index (χ3n) is 2.28. The van der Waals surface area contributed by atoms with E-state index in [1.54, 1.807) is 30.3 Å². The minimum atomic E-state index is -5.54. The molecule has 0 fully saturated rings. The molecule has 1 heterocycles. The molecule has 0 unspecified atom stereocenters. The summed E-state index contributed by atoms with van der Waals surface area (Å²) in [5, 5.41) is 0. The van der Waals surface area contributed by atoms with Crippen molar-refractivity contribution in [2.45, 2.75) is 5.51 Å². The Balaban J connectivity index is 2.30. The van der Waals surface area contributed by atoms with E-state index >= 15 is 0 Å². The molecule has 0 bridgehead atoms. The smallest absolute Gasteiger partial charge is 0.437 e. The molecule has 2 rings (SSSR count). The molecule has 0 amide bonds. The van der Waals surface area contributed by atoms with Crippen molar-refractivity contribution >= 4 is 15.7 Å². The number of anilines is 1. The van der Waals surface area contributed by atoms with Gasteiger partial charge < -0.3 is 4.74 Å². The van der Waals surface area contributed by atoms with Gasteiger partial charge in [0.1, 0.15) is 11.4 Å². The lowest BCUT2D eigenvalue weighted by Crippen LogP contribution is -2.30. The van der Waals surface area contributed by atoms with Crippen LogP contribution in [0.3, 0.4) is 0 Å². The highest BCUT2D eigenvalue weighted by molar-refractivity contribution is 7.93. The van der Waals surface area contributed by atoms with Gasteiger partial charge in [0.05, 0.1) is 0 Å². The van der Waals surface area contributed by atoms with Crippen LogP contribution in [-0.2, 0) is 10.0 Å². The van der Waals surface area contributed by atoms with Gasteiger partial charge in [0, 0.05) is 6.20 Å². The topological polar surface area (TPSA) is 68.3 Å². The number of hydrogen-bond acceptors (Lipinski definition) is 4. The van der Waals surface area contributed by atoms with Gasteiger partial charge in [-0.05, 0) is 24.3 Å². The number of hydrogen-bond donors (Lipinski definition) is 1. The highest BCUT2D eigenvalue weighted by Crippen LogP contribution is 2.31. The third-order valence-corrected chi connectivity index (χ3v) is 3.38. The lowest BCUT2D eigenvalue weighted by molar-refractivity contribution is -0.0429. The quantitative estimate of drug-likeness (QED) is 0.940. The highest BCUT2D eigenvalue weighted by atomic mass is 32.2. The summed E-state index contributed by atoms with van der Waals surface area (Å²) in [5.74, 6) is 0.0279. The fourth-order valence-corrected chi connectivity index (χ4v) is 1.91. The monoisotopic (exact) mass is 318 g/mol. The summed E-state index contributed by atoms with van der Waals surface area (Å²) in [6.07, 6.45) is 1.27. The van der Waals surface area contributed by atoms with E-state index in [4.69, 9.17) is 4.74 Å². The molecule has 0 saturated heterocycles. The Kier molecular flexibility index (Phi) is 4.03. The number of rotatable bonds is 4. The van der Waals surface area contributed by atoms with E-state index in [1.165, 1.54) is 17.0 Å². The number of aromatic nitrogens is 1. The molecule has 2 aromatic rings. The van der Waals surface area contributed by atoms with Gasteiger partial charge in [-0.15, -0.1) is 0 Å². The number of ether oxygens (including phenoxy) is 1. The van der Waals surface area contributed by atoms with Crippen LogP contribution in [0.5, 0.6) is 11.6 Å². The van der Waals surface area contributed by atoms with Crippen molar-refractivity contribution in [2.24, 2.45) is 0 Å². The molecule has 1 aromatic carbocycles. The molecule has 9 heteroatoms. The van der Waals surface area contributed by atoms with Crippen LogP contribution < -0.4 is 9.46 Å². The van der Waals surface area contributed by atoms with Crippen LogP contribution in [0.4, 0.5) is 18.9 Å². The number of nitrogens with one attached hydrogen (secondary N) is 1. The van der Waals surface area contributed by atoms with E-state index in [0.29, 0.717) is 5.75 Å². The predicted molar refractivity (Wildman–Crippen MR) is 69.4 cm³/mol. The van der Waals surface area contributed by atoms with Gasteiger partial charge in [0.25, 0.3) is 0 Å². The van der Waals surface area contributed by atoms with Gasteiger partial charge in [-0.25, -0.2) is 4.98 Å². The Labute approximate surface area is 118 Å². The standard InChI is InChI=1S/C12H9F3N2O3S/c13-12(14,15)21(18,19)17-10-7-4-8-16-11(10)20-9-5-2-1-3-6-9/h1-8,17H. The second-order valence-corrected chi connectivity index (χ2v) is 5.50. The Morgan fingerprint density at radius 2 is 1.71 bits per heavy atom. The summed E-state index contributed by atoms with van der Waals surface area (Å²) in [4.78, 5) is 3.72. The average molecular weight is 318 g/mol. The zero-order valence-corrected chi connectivity index (χ0v) is 11.1. The zero-order chi connectivity index (χ0) is 15.5. The van der Waals surface area contributed by atoms with Crippen LogP contribution in [0.15, 0.2) is 48.7 Å². The molecule has 1 aromatic heterocycles. The van der Waals surface area contributed by atoms with Crippen molar-refractivity contribution in [3.63, 3.8) is 0 Å². The minimum Gasteiger partial charge on any atom is -0.437 e. The lowest BCUT2D eigenvalue weighted by atomic mass is 10.3. The number of alkyl halides is 3. The maximum absolute atomic E-state index is 12.4. The van der Waals surface area contributed by atoms with Gasteiger partial charge in [-0.3, -0.25) is 4.72 Å². The molecule has 0 spiro atoms. The van der Waals surface area contributed by atoms with E-state index < -0.39 is 21.2 Å². The lowest BCUT2D eigenvalue weighted by Gasteiger charge is -2.13. The fraction of sp³-hybridized carbons (Fsp3) is 0.0833. The van der Waals surface area contributed by atoms with E-state index in [9.17, 15) is 21.6 Å². The van der Waals surface area contributed by atoms with E-state index in [0.717, 1.165) is 6.07 Å². The normalized spacial score (nSPS) is 12.0. The van der Waals surface area contributed by atoms with Gasteiger partial charge in [-0.2, -0.15) is 21.6 Å². The molecule has 0 atom stereocenters. The number of nitrogens with zero attached hydrogens (tertiary/aromatic N) is 1. The molecule has 0 radical (unpaired) electrons. The van der Waals surface area contributed by atoms with E-state index in [-0.39, 0.29) is 5.88 Å². The van der Waals surface area contributed by atoms with Crippen LogP contribution in [-0.4, -0.2) is 18.9 Å². The number of pyridine rings is 1. The molecular weight excluding hydrogens is 309 g/mol. The minimum absolute atomic E-state index is 0.281. The van der Waals surface area contributed by atoms with Crippen LogP contribution in [0.25, 0.3) is 0 Å². The summed E-state index contributed by atoms with van der Waals surface area (Å²) in [6, 6.07) is 10.5. The first-order chi connectivity index (χ1) is 9.79. The van der Waals surface area contributed by atoms with E-state index in [1.807, 2.05) is 0 Å². The number of benzene rings is 1.